The van der Waals surface area contributed by atoms with Crippen LogP contribution in [0.3, 0.4) is 0 Å². The Morgan fingerprint density at radius 3 is 2.18 bits per heavy atom. The minimum atomic E-state index is -1.03. The first-order valence-corrected chi connectivity index (χ1v) is 5.73. The van der Waals surface area contributed by atoms with E-state index in [1.54, 1.807) is 13.8 Å². The van der Waals surface area contributed by atoms with Crippen LogP contribution in [0.1, 0.15) is 13.8 Å². The first-order chi connectivity index (χ1) is 7.79. The van der Waals surface area contributed by atoms with E-state index in [1.165, 1.54) is 6.08 Å². The summed E-state index contributed by atoms with van der Waals surface area (Å²) in [5.41, 5.74) is 0. The predicted molar refractivity (Wildman–Crippen MR) is 67.9 cm³/mol. The van der Waals surface area contributed by atoms with Gasteiger partial charge in [-0.05, 0) is 18.1 Å². The Hall–Kier alpha value is -1.00. The van der Waals surface area contributed by atoms with E-state index in [2.05, 4.69) is 11.9 Å². The Morgan fingerprint density at radius 1 is 1.35 bits per heavy atom. The molecule has 17 heavy (non-hydrogen) atoms. The summed E-state index contributed by atoms with van der Waals surface area (Å²) in [4.78, 5) is 22.4. The van der Waals surface area contributed by atoms with Gasteiger partial charge in [0.05, 0.1) is 12.0 Å². The maximum atomic E-state index is 11.2. The minimum absolute atomic E-state index is 0.0914. The standard InChI is InChI=1S/C11H15Cl2NO3/c1-4-9(15)14-7(5-8(12)13)10(6(2)3)11(16)17/h4-7,10H,1H2,2-3H3,(H,14,15)(H,16,17). The molecular weight excluding hydrogens is 265 g/mol. The molecule has 2 unspecified atom stereocenters. The van der Waals surface area contributed by atoms with Crippen molar-refractivity contribution in [3.63, 3.8) is 0 Å². The highest BCUT2D eigenvalue weighted by Crippen LogP contribution is 2.20. The number of carbonyl (C=O) groups excluding carboxylic acids is 1. The van der Waals surface area contributed by atoms with Gasteiger partial charge in [0.25, 0.3) is 0 Å². The number of nitrogens with one attached hydrogen (secondary N) is 1. The van der Waals surface area contributed by atoms with Gasteiger partial charge < -0.3 is 10.4 Å². The number of carboxylic acid groups (broad SMARTS) is 1. The first kappa shape index (κ1) is 16.0. The summed E-state index contributed by atoms with van der Waals surface area (Å²) in [6.07, 6.45) is 2.35. The van der Waals surface area contributed by atoms with Crippen molar-refractivity contribution in [1.82, 2.24) is 5.32 Å². The molecular formula is C11H15Cl2NO3. The van der Waals surface area contributed by atoms with Gasteiger partial charge in [0.1, 0.15) is 4.49 Å². The molecule has 0 aliphatic carbocycles. The maximum Gasteiger partial charge on any atom is 0.309 e. The SMILES string of the molecule is C=CC(=O)NC(C=C(Cl)Cl)C(C(=O)O)C(C)C. The molecule has 0 aliphatic heterocycles. The van der Waals surface area contributed by atoms with Gasteiger partial charge in [-0.2, -0.15) is 0 Å². The zero-order valence-electron chi connectivity index (χ0n) is 9.61. The average molecular weight is 280 g/mol. The lowest BCUT2D eigenvalue weighted by Gasteiger charge is -2.24. The third kappa shape index (κ3) is 5.75. The molecule has 0 fully saturated rings. The Bertz CT molecular complexity index is 336. The zero-order valence-corrected chi connectivity index (χ0v) is 11.1. The molecule has 0 heterocycles. The Morgan fingerprint density at radius 2 is 1.88 bits per heavy atom. The highest BCUT2D eigenvalue weighted by atomic mass is 35.5. The summed E-state index contributed by atoms with van der Waals surface area (Å²) in [5, 5.41) is 11.6. The summed E-state index contributed by atoms with van der Waals surface area (Å²) in [6.45, 7) is 6.77. The number of hydrogen-bond donors (Lipinski definition) is 2. The molecule has 0 radical (unpaired) electrons. The van der Waals surface area contributed by atoms with Crippen molar-refractivity contribution in [3.05, 3.63) is 23.2 Å². The number of aliphatic carboxylic acids is 1. The molecule has 0 saturated carbocycles. The Labute approximate surface area is 110 Å². The predicted octanol–water partition coefficient (Wildman–Crippen LogP) is 2.33. The van der Waals surface area contributed by atoms with Crippen LogP contribution in [-0.2, 0) is 9.59 Å². The van der Waals surface area contributed by atoms with Crippen molar-refractivity contribution >= 4 is 35.1 Å². The first-order valence-electron chi connectivity index (χ1n) is 4.98. The quantitative estimate of drug-likeness (QED) is 0.734. The smallest absolute Gasteiger partial charge is 0.309 e. The van der Waals surface area contributed by atoms with E-state index in [0.717, 1.165) is 6.08 Å². The van der Waals surface area contributed by atoms with Gasteiger partial charge in [0.15, 0.2) is 0 Å². The van der Waals surface area contributed by atoms with Crippen LogP contribution in [0.4, 0.5) is 0 Å². The molecule has 0 saturated heterocycles. The van der Waals surface area contributed by atoms with Crippen molar-refractivity contribution < 1.29 is 14.7 Å². The molecule has 0 aromatic rings. The Kier molecular flexibility index (Phi) is 6.92. The van der Waals surface area contributed by atoms with E-state index < -0.39 is 23.8 Å². The molecule has 2 atom stereocenters. The Balaban J connectivity index is 5.12. The largest absolute Gasteiger partial charge is 0.481 e. The van der Waals surface area contributed by atoms with Gasteiger partial charge in [0.2, 0.25) is 5.91 Å². The topological polar surface area (TPSA) is 66.4 Å². The maximum absolute atomic E-state index is 11.2. The van der Waals surface area contributed by atoms with Crippen LogP contribution >= 0.6 is 23.2 Å². The van der Waals surface area contributed by atoms with Crippen LogP contribution in [0.15, 0.2) is 23.2 Å². The molecule has 0 aromatic carbocycles. The van der Waals surface area contributed by atoms with Crippen LogP contribution in [0.5, 0.6) is 0 Å². The van der Waals surface area contributed by atoms with E-state index in [-0.39, 0.29) is 10.4 Å². The monoisotopic (exact) mass is 279 g/mol. The van der Waals surface area contributed by atoms with Crippen LogP contribution in [0.2, 0.25) is 0 Å². The lowest BCUT2D eigenvalue weighted by Crippen LogP contribution is -2.43. The van der Waals surface area contributed by atoms with Crippen LogP contribution in [-0.4, -0.2) is 23.0 Å². The summed E-state index contributed by atoms with van der Waals surface area (Å²) in [5.74, 6) is -2.51. The van der Waals surface area contributed by atoms with Gasteiger partial charge >= 0.3 is 5.97 Å². The van der Waals surface area contributed by atoms with Gasteiger partial charge in [-0.1, -0.05) is 43.6 Å². The summed E-state index contributed by atoms with van der Waals surface area (Å²) in [7, 11) is 0. The lowest BCUT2D eigenvalue weighted by molar-refractivity contribution is -0.144. The molecule has 0 bridgehead atoms. The third-order valence-corrected chi connectivity index (χ3v) is 2.44. The number of amides is 1. The third-order valence-electron chi connectivity index (χ3n) is 2.19. The summed E-state index contributed by atoms with van der Waals surface area (Å²) < 4.78 is -0.0914. The van der Waals surface area contributed by atoms with Gasteiger partial charge in [-0.15, -0.1) is 0 Å². The molecule has 0 spiro atoms. The molecule has 96 valence electrons. The minimum Gasteiger partial charge on any atom is -0.481 e. The number of rotatable bonds is 6. The number of carboxylic acids is 1. The summed E-state index contributed by atoms with van der Waals surface area (Å²) >= 11 is 11.0. The second-order valence-electron chi connectivity index (χ2n) is 3.80. The number of hydrogen-bond acceptors (Lipinski definition) is 2. The fourth-order valence-electron chi connectivity index (χ4n) is 1.45. The van der Waals surface area contributed by atoms with Gasteiger partial charge in [-0.25, -0.2) is 0 Å². The second-order valence-corrected chi connectivity index (χ2v) is 4.81. The molecule has 4 nitrogen and oxygen atoms in total. The molecule has 1 amide bonds. The molecule has 0 aliphatic rings. The fraction of sp³-hybridized carbons (Fsp3) is 0.455. The number of halogens is 2. The van der Waals surface area contributed by atoms with Crippen molar-refractivity contribution in [2.24, 2.45) is 11.8 Å². The molecule has 0 rings (SSSR count). The van der Waals surface area contributed by atoms with Crippen molar-refractivity contribution in [3.8, 4) is 0 Å². The van der Waals surface area contributed by atoms with E-state index in [1.807, 2.05) is 0 Å². The average Bonchev–Trinajstić information content (AvgIpc) is 2.14. The molecule has 2 N–H and O–H groups in total. The lowest BCUT2D eigenvalue weighted by atomic mass is 9.88. The molecule has 6 heteroatoms. The van der Waals surface area contributed by atoms with E-state index >= 15 is 0 Å². The van der Waals surface area contributed by atoms with E-state index in [0.29, 0.717) is 0 Å². The normalized spacial score (nSPS) is 13.7. The van der Waals surface area contributed by atoms with Crippen molar-refractivity contribution in [1.29, 1.82) is 0 Å². The highest BCUT2D eigenvalue weighted by molar-refractivity contribution is 6.55. The zero-order chi connectivity index (χ0) is 13.6. The number of carbonyl (C=O) groups is 2. The highest BCUT2D eigenvalue weighted by Gasteiger charge is 2.30. The van der Waals surface area contributed by atoms with E-state index in [4.69, 9.17) is 28.3 Å². The van der Waals surface area contributed by atoms with Crippen LogP contribution in [0.25, 0.3) is 0 Å². The van der Waals surface area contributed by atoms with Crippen molar-refractivity contribution in [2.75, 3.05) is 0 Å². The van der Waals surface area contributed by atoms with Crippen LogP contribution in [0, 0.1) is 11.8 Å². The van der Waals surface area contributed by atoms with Gasteiger partial charge in [-0.3, -0.25) is 9.59 Å². The fourth-order valence-corrected chi connectivity index (χ4v) is 1.72. The van der Waals surface area contributed by atoms with E-state index in [9.17, 15) is 9.59 Å². The summed E-state index contributed by atoms with van der Waals surface area (Å²) in [6, 6.07) is -0.775. The second kappa shape index (κ2) is 7.35. The van der Waals surface area contributed by atoms with Crippen molar-refractivity contribution in [2.45, 2.75) is 19.9 Å². The van der Waals surface area contributed by atoms with Crippen LogP contribution < -0.4 is 5.32 Å². The molecule has 0 aromatic heterocycles. The van der Waals surface area contributed by atoms with Gasteiger partial charge in [0, 0.05) is 0 Å².